The minimum Gasteiger partial charge on any atom is -0.511 e. The summed E-state index contributed by atoms with van der Waals surface area (Å²) >= 11 is 7.66. The second-order valence-corrected chi connectivity index (χ2v) is 6.04. The fourth-order valence-corrected chi connectivity index (χ4v) is 3.08. The van der Waals surface area contributed by atoms with Crippen molar-refractivity contribution in [3.63, 3.8) is 0 Å². The van der Waals surface area contributed by atoms with Gasteiger partial charge in [0.25, 0.3) is 0 Å². The Balaban J connectivity index is 0.000000246. The molecule has 112 valence electrons. The maximum atomic E-state index is 9.67. The molecule has 2 aromatic carbocycles. The van der Waals surface area contributed by atoms with Crippen molar-refractivity contribution in [1.29, 1.82) is 0 Å². The Kier molecular flexibility index (Phi) is 7.14. The highest BCUT2D eigenvalue weighted by Gasteiger charge is 2.08. The Morgan fingerprint density at radius 3 is 2.45 bits per heavy atom. The smallest absolute Gasteiger partial charge is 0.106 e. The number of benzene rings is 2. The van der Waals surface area contributed by atoms with Crippen LogP contribution in [0.25, 0.3) is 0 Å². The van der Waals surface area contributed by atoms with Crippen molar-refractivity contribution in [2.45, 2.75) is 18.6 Å². The van der Waals surface area contributed by atoms with Crippen LogP contribution in [0.3, 0.4) is 0 Å². The summed E-state index contributed by atoms with van der Waals surface area (Å²) in [5, 5.41) is 10.4. The molecule has 0 saturated heterocycles. The molecule has 1 aliphatic rings. The Bertz CT molecular complexity index is 608. The van der Waals surface area contributed by atoms with Gasteiger partial charge in [-0.05, 0) is 36.3 Å². The lowest BCUT2D eigenvalue weighted by molar-refractivity contribution is 0.385. The molecule has 0 bridgehead atoms. The number of rotatable bonds is 3. The average molecular weight is 329 g/mol. The van der Waals surface area contributed by atoms with Crippen LogP contribution in [0.1, 0.15) is 18.4 Å². The van der Waals surface area contributed by atoms with E-state index >= 15 is 0 Å². The molecule has 3 heteroatoms. The van der Waals surface area contributed by atoms with Gasteiger partial charge in [-0.2, -0.15) is 0 Å². The molecule has 0 aromatic heterocycles. The number of aliphatic hydroxyl groups is 1. The molecule has 1 N–H and O–H groups in total. The van der Waals surface area contributed by atoms with E-state index in [4.69, 9.17) is 11.6 Å². The third-order valence-electron chi connectivity index (χ3n) is 2.97. The third-order valence-corrected chi connectivity index (χ3v) is 4.46. The van der Waals surface area contributed by atoms with Crippen molar-refractivity contribution in [1.82, 2.24) is 0 Å². The second-order valence-electron chi connectivity index (χ2n) is 4.62. The van der Waals surface area contributed by atoms with Gasteiger partial charge in [0.15, 0.2) is 0 Å². The quantitative estimate of drug-likeness (QED) is 0.747. The predicted molar refractivity (Wildman–Crippen MR) is 94.7 cm³/mol. The number of thioether (sulfide) groups is 1. The first-order chi connectivity index (χ1) is 10.8. The van der Waals surface area contributed by atoms with Crippen molar-refractivity contribution in [3.05, 3.63) is 94.1 Å². The van der Waals surface area contributed by atoms with Crippen molar-refractivity contribution in [3.8, 4) is 0 Å². The van der Waals surface area contributed by atoms with Crippen LogP contribution in [-0.2, 0) is 5.75 Å². The zero-order chi connectivity index (χ0) is 15.6. The highest BCUT2D eigenvalue weighted by molar-refractivity contribution is 8.02. The highest BCUT2D eigenvalue weighted by Crippen LogP contribution is 2.30. The standard InChI is InChI=1S/C13H12ClOS.C6H5/c14-11-6-2-1-5-10(11)9-16-13-8-4-3-7-12(13)15;1-2-4-6-5-3-1/h1-2,5-6,8,15H,3,7,9H2;1-5H. The molecule has 1 aliphatic carbocycles. The summed E-state index contributed by atoms with van der Waals surface area (Å²) in [5.74, 6) is 1.24. The Morgan fingerprint density at radius 1 is 1.09 bits per heavy atom. The van der Waals surface area contributed by atoms with Gasteiger partial charge in [-0.15, -0.1) is 11.8 Å². The van der Waals surface area contributed by atoms with Gasteiger partial charge in [0.2, 0.25) is 0 Å². The fraction of sp³-hybridized carbons (Fsp3) is 0.158. The molecule has 0 saturated carbocycles. The number of allylic oxidation sites excluding steroid dienone is 3. The largest absolute Gasteiger partial charge is 0.511 e. The first-order valence-electron chi connectivity index (χ1n) is 7.03. The molecule has 22 heavy (non-hydrogen) atoms. The van der Waals surface area contributed by atoms with Gasteiger partial charge in [0, 0.05) is 22.1 Å². The van der Waals surface area contributed by atoms with Crippen LogP contribution in [0.5, 0.6) is 0 Å². The summed E-state index contributed by atoms with van der Waals surface area (Å²) in [4.78, 5) is 0.908. The number of aliphatic hydroxyl groups excluding tert-OH is 1. The fourth-order valence-electron chi connectivity index (χ4n) is 1.80. The van der Waals surface area contributed by atoms with Gasteiger partial charge >= 0.3 is 0 Å². The third kappa shape index (κ3) is 5.63. The molecular weight excluding hydrogens is 312 g/mol. The van der Waals surface area contributed by atoms with E-state index in [0.29, 0.717) is 12.2 Å². The number of hydrogen-bond acceptors (Lipinski definition) is 2. The first kappa shape index (κ1) is 16.7. The Hall–Kier alpha value is -1.64. The van der Waals surface area contributed by atoms with Crippen LogP contribution < -0.4 is 0 Å². The van der Waals surface area contributed by atoms with E-state index in [1.54, 1.807) is 11.8 Å². The molecule has 3 rings (SSSR count). The van der Waals surface area contributed by atoms with E-state index < -0.39 is 0 Å². The van der Waals surface area contributed by atoms with E-state index in [2.05, 4.69) is 12.1 Å². The minimum atomic E-state index is 0.468. The minimum absolute atomic E-state index is 0.468. The monoisotopic (exact) mass is 328 g/mol. The van der Waals surface area contributed by atoms with Crippen molar-refractivity contribution in [2.75, 3.05) is 0 Å². The molecule has 0 spiro atoms. The van der Waals surface area contributed by atoms with Crippen molar-refractivity contribution < 1.29 is 5.11 Å². The summed E-state index contributed by atoms with van der Waals surface area (Å²) in [6, 6.07) is 20.3. The summed E-state index contributed by atoms with van der Waals surface area (Å²) in [5.41, 5.74) is 1.09. The van der Waals surface area contributed by atoms with Crippen LogP contribution in [0, 0.1) is 12.1 Å². The number of hydrogen-bond donors (Lipinski definition) is 1. The number of halogens is 1. The lowest BCUT2D eigenvalue weighted by atomic mass is 10.2. The van der Waals surface area contributed by atoms with Gasteiger partial charge in [-0.1, -0.05) is 60.1 Å². The van der Waals surface area contributed by atoms with E-state index in [0.717, 1.165) is 27.7 Å². The topological polar surface area (TPSA) is 20.2 Å². The van der Waals surface area contributed by atoms with Crippen LogP contribution in [0.2, 0.25) is 5.02 Å². The summed E-state index contributed by atoms with van der Waals surface area (Å²) in [7, 11) is 0. The van der Waals surface area contributed by atoms with E-state index in [1.165, 1.54) is 0 Å². The van der Waals surface area contributed by atoms with Crippen molar-refractivity contribution in [2.24, 2.45) is 0 Å². The normalized spacial score (nSPS) is 13.5. The summed E-state index contributed by atoms with van der Waals surface area (Å²) < 4.78 is 0. The zero-order valence-electron chi connectivity index (χ0n) is 12.1. The highest BCUT2D eigenvalue weighted by atomic mass is 35.5. The van der Waals surface area contributed by atoms with Crippen LogP contribution in [0.15, 0.2) is 71.3 Å². The van der Waals surface area contributed by atoms with Gasteiger partial charge in [-0.3, -0.25) is 0 Å². The SMILES string of the molecule is OC1=C(SCc2ccccc2Cl)C=[C]CC1.[c]1ccccc1. The first-order valence-corrected chi connectivity index (χ1v) is 8.39. The van der Waals surface area contributed by atoms with Gasteiger partial charge in [0.05, 0.1) is 0 Å². The molecule has 1 nitrogen and oxygen atoms in total. The van der Waals surface area contributed by atoms with Gasteiger partial charge in [0.1, 0.15) is 5.76 Å². The molecule has 0 heterocycles. The van der Waals surface area contributed by atoms with E-state index in [-0.39, 0.29) is 0 Å². The average Bonchev–Trinajstić information content (AvgIpc) is 2.58. The molecule has 0 fully saturated rings. The molecule has 0 aliphatic heterocycles. The molecule has 0 atom stereocenters. The van der Waals surface area contributed by atoms with E-state index in [9.17, 15) is 5.11 Å². The maximum absolute atomic E-state index is 9.67. The Labute approximate surface area is 141 Å². The maximum Gasteiger partial charge on any atom is 0.106 e. The van der Waals surface area contributed by atoms with Gasteiger partial charge < -0.3 is 5.11 Å². The zero-order valence-corrected chi connectivity index (χ0v) is 13.7. The summed E-state index contributed by atoms with van der Waals surface area (Å²) in [6.45, 7) is 0. The van der Waals surface area contributed by atoms with Crippen LogP contribution in [0.4, 0.5) is 0 Å². The lowest BCUT2D eigenvalue weighted by Crippen LogP contribution is -1.92. The summed E-state index contributed by atoms with van der Waals surface area (Å²) in [6.07, 6.45) is 6.48. The van der Waals surface area contributed by atoms with Gasteiger partial charge in [-0.25, -0.2) is 0 Å². The molecule has 2 aromatic rings. The molecule has 0 unspecified atom stereocenters. The second kappa shape index (κ2) is 9.39. The Morgan fingerprint density at radius 2 is 1.86 bits per heavy atom. The lowest BCUT2D eigenvalue weighted by Gasteiger charge is -2.10. The predicted octanol–water partition coefficient (Wildman–Crippen LogP) is 5.98. The van der Waals surface area contributed by atoms with Crippen LogP contribution >= 0.6 is 23.4 Å². The van der Waals surface area contributed by atoms with E-state index in [1.807, 2.05) is 60.7 Å². The molecular formula is C19H17ClOS. The van der Waals surface area contributed by atoms with Crippen molar-refractivity contribution >= 4 is 23.4 Å². The van der Waals surface area contributed by atoms with Crippen LogP contribution in [-0.4, -0.2) is 5.11 Å². The molecule has 2 radical (unpaired) electrons. The molecule has 0 amide bonds.